The highest BCUT2D eigenvalue weighted by Crippen LogP contribution is 2.20. The zero-order valence-corrected chi connectivity index (χ0v) is 11.4. The number of hydrogen-bond donors (Lipinski definition) is 1. The number of furan rings is 1. The fourth-order valence-electron chi connectivity index (χ4n) is 2.09. The topological polar surface area (TPSA) is 68.3 Å². The van der Waals surface area contributed by atoms with Crippen molar-refractivity contribution in [1.29, 1.82) is 0 Å². The molecule has 106 valence electrons. The average molecular weight is 274 g/mol. The average Bonchev–Trinajstić information content (AvgIpc) is 2.98. The van der Waals surface area contributed by atoms with E-state index in [2.05, 4.69) is 12.2 Å². The first kappa shape index (κ1) is 14.3. The Labute approximate surface area is 117 Å². The Morgan fingerprint density at radius 2 is 2.05 bits per heavy atom. The fourth-order valence-corrected chi connectivity index (χ4v) is 2.09. The molecule has 0 radical (unpaired) electrons. The molecule has 1 N–H and O–H groups in total. The molecular weight excluding hydrogens is 256 g/mol. The Balaban J connectivity index is 2.09. The number of nitro groups is 1. The Morgan fingerprint density at radius 1 is 1.30 bits per heavy atom. The molecule has 20 heavy (non-hydrogen) atoms. The summed E-state index contributed by atoms with van der Waals surface area (Å²) in [6.07, 6.45) is 5.22. The fraction of sp³-hybridized carbons (Fsp3) is 0.333. The number of rotatable bonds is 7. The van der Waals surface area contributed by atoms with Crippen molar-refractivity contribution in [3.05, 3.63) is 64.1 Å². The summed E-state index contributed by atoms with van der Waals surface area (Å²) < 4.78 is 5.13. The van der Waals surface area contributed by atoms with Crippen LogP contribution in [0.1, 0.15) is 30.5 Å². The van der Waals surface area contributed by atoms with Crippen LogP contribution in [0.15, 0.2) is 47.3 Å². The molecule has 1 unspecified atom stereocenters. The third kappa shape index (κ3) is 3.68. The minimum atomic E-state index is -0.382. The van der Waals surface area contributed by atoms with Crippen molar-refractivity contribution < 1.29 is 9.34 Å². The number of nitrogens with one attached hydrogen (secondary N) is 1. The van der Waals surface area contributed by atoms with Crippen LogP contribution < -0.4 is 5.32 Å². The SMILES string of the molecule is CCCNC(Cc1ccc([N+](=O)[O-])cc1)c1ccoc1. The second-order valence-corrected chi connectivity index (χ2v) is 4.69. The molecule has 0 aliphatic rings. The number of nitro benzene ring substituents is 1. The summed E-state index contributed by atoms with van der Waals surface area (Å²) in [6, 6.07) is 8.80. The van der Waals surface area contributed by atoms with Gasteiger partial charge >= 0.3 is 0 Å². The first-order chi connectivity index (χ1) is 9.70. The monoisotopic (exact) mass is 274 g/mol. The molecule has 5 heteroatoms. The van der Waals surface area contributed by atoms with Crippen LogP contribution in [-0.4, -0.2) is 11.5 Å². The van der Waals surface area contributed by atoms with Gasteiger partial charge in [-0.05, 0) is 31.0 Å². The second kappa shape index (κ2) is 6.86. The minimum Gasteiger partial charge on any atom is -0.472 e. The highest BCUT2D eigenvalue weighted by atomic mass is 16.6. The van der Waals surface area contributed by atoms with E-state index in [9.17, 15) is 10.1 Å². The molecule has 2 aromatic rings. The van der Waals surface area contributed by atoms with Crippen LogP contribution in [0.25, 0.3) is 0 Å². The molecule has 5 nitrogen and oxygen atoms in total. The lowest BCUT2D eigenvalue weighted by Gasteiger charge is -2.17. The predicted molar refractivity (Wildman–Crippen MR) is 76.5 cm³/mol. The lowest BCUT2D eigenvalue weighted by molar-refractivity contribution is -0.384. The molecule has 0 aliphatic heterocycles. The molecule has 1 atom stereocenters. The summed E-state index contributed by atoms with van der Waals surface area (Å²) in [6.45, 7) is 3.04. The van der Waals surface area contributed by atoms with Crippen LogP contribution in [0.3, 0.4) is 0 Å². The van der Waals surface area contributed by atoms with E-state index in [1.807, 2.05) is 6.07 Å². The van der Waals surface area contributed by atoms with Crippen molar-refractivity contribution >= 4 is 5.69 Å². The van der Waals surface area contributed by atoms with Crippen LogP contribution in [-0.2, 0) is 6.42 Å². The molecule has 0 saturated carbocycles. The van der Waals surface area contributed by atoms with Crippen molar-refractivity contribution in [3.8, 4) is 0 Å². The van der Waals surface area contributed by atoms with Crippen LogP contribution in [0, 0.1) is 10.1 Å². The van der Waals surface area contributed by atoms with Crippen molar-refractivity contribution in [2.75, 3.05) is 6.54 Å². The Kier molecular flexibility index (Phi) is 4.90. The van der Waals surface area contributed by atoms with Crippen molar-refractivity contribution in [1.82, 2.24) is 5.32 Å². The summed E-state index contributed by atoms with van der Waals surface area (Å²) in [5.41, 5.74) is 2.28. The van der Waals surface area contributed by atoms with Gasteiger partial charge in [0, 0.05) is 23.7 Å². The van der Waals surface area contributed by atoms with E-state index in [0.29, 0.717) is 0 Å². The summed E-state index contributed by atoms with van der Waals surface area (Å²) in [5.74, 6) is 0. The van der Waals surface area contributed by atoms with Gasteiger partial charge in [-0.3, -0.25) is 10.1 Å². The molecule has 0 spiro atoms. The number of non-ortho nitro benzene ring substituents is 1. The summed E-state index contributed by atoms with van der Waals surface area (Å²) in [7, 11) is 0. The maximum Gasteiger partial charge on any atom is 0.269 e. The van der Waals surface area contributed by atoms with Crippen molar-refractivity contribution in [2.45, 2.75) is 25.8 Å². The quantitative estimate of drug-likeness (QED) is 0.620. The molecule has 1 aromatic carbocycles. The van der Waals surface area contributed by atoms with Crippen molar-refractivity contribution in [3.63, 3.8) is 0 Å². The Hall–Kier alpha value is -2.14. The number of hydrogen-bond acceptors (Lipinski definition) is 4. The predicted octanol–water partition coefficient (Wildman–Crippen LogP) is 3.47. The minimum absolute atomic E-state index is 0.120. The molecule has 0 bridgehead atoms. The largest absolute Gasteiger partial charge is 0.472 e. The third-order valence-corrected chi connectivity index (χ3v) is 3.17. The van der Waals surface area contributed by atoms with E-state index >= 15 is 0 Å². The Morgan fingerprint density at radius 3 is 2.60 bits per heavy atom. The van der Waals surface area contributed by atoms with Gasteiger partial charge in [0.1, 0.15) is 0 Å². The molecule has 1 heterocycles. The van der Waals surface area contributed by atoms with E-state index < -0.39 is 0 Å². The van der Waals surface area contributed by atoms with Crippen LogP contribution >= 0.6 is 0 Å². The normalized spacial score (nSPS) is 12.2. The van der Waals surface area contributed by atoms with Gasteiger partial charge in [0.2, 0.25) is 0 Å². The van der Waals surface area contributed by atoms with Gasteiger partial charge in [-0.2, -0.15) is 0 Å². The molecule has 0 fully saturated rings. The van der Waals surface area contributed by atoms with Gasteiger partial charge in [-0.15, -0.1) is 0 Å². The van der Waals surface area contributed by atoms with Crippen LogP contribution in [0.5, 0.6) is 0 Å². The van der Waals surface area contributed by atoms with Gasteiger partial charge in [-0.1, -0.05) is 19.1 Å². The van der Waals surface area contributed by atoms with E-state index in [4.69, 9.17) is 4.42 Å². The molecule has 0 saturated heterocycles. The molecular formula is C15H18N2O3. The smallest absolute Gasteiger partial charge is 0.269 e. The highest BCUT2D eigenvalue weighted by molar-refractivity contribution is 5.33. The molecule has 2 rings (SSSR count). The number of benzene rings is 1. The summed E-state index contributed by atoms with van der Waals surface area (Å²) in [5, 5.41) is 14.1. The van der Waals surface area contributed by atoms with Gasteiger partial charge in [-0.25, -0.2) is 0 Å². The van der Waals surface area contributed by atoms with E-state index in [1.54, 1.807) is 36.8 Å². The van der Waals surface area contributed by atoms with E-state index in [-0.39, 0.29) is 16.7 Å². The lowest BCUT2D eigenvalue weighted by atomic mass is 10.0. The second-order valence-electron chi connectivity index (χ2n) is 4.69. The first-order valence-electron chi connectivity index (χ1n) is 6.69. The molecule has 0 amide bonds. The van der Waals surface area contributed by atoms with Crippen LogP contribution in [0.4, 0.5) is 5.69 Å². The zero-order valence-electron chi connectivity index (χ0n) is 11.4. The maximum absolute atomic E-state index is 10.6. The van der Waals surface area contributed by atoms with Gasteiger partial charge < -0.3 is 9.73 Å². The first-order valence-corrected chi connectivity index (χ1v) is 6.69. The third-order valence-electron chi connectivity index (χ3n) is 3.17. The highest BCUT2D eigenvalue weighted by Gasteiger charge is 2.13. The van der Waals surface area contributed by atoms with Crippen molar-refractivity contribution in [2.24, 2.45) is 0 Å². The summed E-state index contributed by atoms with van der Waals surface area (Å²) in [4.78, 5) is 10.3. The van der Waals surface area contributed by atoms with Gasteiger partial charge in [0.05, 0.1) is 17.4 Å². The van der Waals surface area contributed by atoms with Gasteiger partial charge in [0.15, 0.2) is 0 Å². The van der Waals surface area contributed by atoms with Crippen LogP contribution in [0.2, 0.25) is 0 Å². The number of nitrogens with zero attached hydrogens (tertiary/aromatic N) is 1. The van der Waals surface area contributed by atoms with Gasteiger partial charge in [0.25, 0.3) is 5.69 Å². The lowest BCUT2D eigenvalue weighted by Crippen LogP contribution is -2.23. The van der Waals surface area contributed by atoms with E-state index in [0.717, 1.165) is 30.5 Å². The standard InChI is InChI=1S/C15H18N2O3/c1-2-8-16-15(13-7-9-20-11-13)10-12-3-5-14(6-4-12)17(18)19/h3-7,9,11,15-16H,2,8,10H2,1H3. The zero-order chi connectivity index (χ0) is 14.4. The Bertz CT molecular complexity index is 535. The van der Waals surface area contributed by atoms with E-state index in [1.165, 1.54) is 0 Å². The molecule has 0 aliphatic carbocycles. The maximum atomic E-state index is 10.6. The molecule has 1 aromatic heterocycles. The summed E-state index contributed by atoms with van der Waals surface area (Å²) >= 11 is 0.